The quantitative estimate of drug-likeness (QED) is 0.393. The zero-order valence-corrected chi connectivity index (χ0v) is 15.9. The van der Waals surface area contributed by atoms with Gasteiger partial charge >= 0.3 is 5.69 Å². The summed E-state index contributed by atoms with van der Waals surface area (Å²) in [7, 11) is 0. The van der Waals surface area contributed by atoms with Crippen molar-refractivity contribution in [3.8, 4) is 0 Å². The number of aromatic nitrogens is 3. The molecule has 3 heterocycles. The lowest BCUT2D eigenvalue weighted by Crippen LogP contribution is -2.35. The summed E-state index contributed by atoms with van der Waals surface area (Å²) in [5, 5.41) is 14.3. The van der Waals surface area contributed by atoms with Gasteiger partial charge in [0.15, 0.2) is 5.13 Å². The van der Waals surface area contributed by atoms with Gasteiger partial charge in [-0.15, -0.1) is 0 Å². The van der Waals surface area contributed by atoms with Crippen LogP contribution in [0.5, 0.6) is 0 Å². The van der Waals surface area contributed by atoms with Crippen molar-refractivity contribution in [2.24, 2.45) is 0 Å². The fourth-order valence-corrected chi connectivity index (χ4v) is 4.12. The van der Waals surface area contributed by atoms with Crippen LogP contribution in [0.2, 0.25) is 5.15 Å². The van der Waals surface area contributed by atoms with Gasteiger partial charge in [0.05, 0.1) is 17.2 Å². The van der Waals surface area contributed by atoms with Gasteiger partial charge in [-0.05, 0) is 12.1 Å². The molecule has 1 aliphatic heterocycles. The molecule has 11 heteroatoms. The second kappa shape index (κ2) is 7.49. The average molecular weight is 417 g/mol. The summed E-state index contributed by atoms with van der Waals surface area (Å²) in [6, 6.07) is 9.10. The molecule has 0 atom stereocenters. The molecule has 3 aromatic rings. The summed E-state index contributed by atoms with van der Waals surface area (Å²) in [5.41, 5.74) is 1.10. The Balaban J connectivity index is 1.55. The monoisotopic (exact) mass is 416 g/mol. The van der Waals surface area contributed by atoms with E-state index >= 15 is 0 Å². The number of fused-ring (bicyclic) bond motifs is 1. The Labute approximate surface area is 168 Å². The Morgan fingerprint density at radius 2 is 2.07 bits per heavy atom. The lowest BCUT2D eigenvalue weighted by molar-refractivity contribution is -0.384. The molecule has 2 aromatic heterocycles. The Morgan fingerprint density at radius 1 is 1.29 bits per heavy atom. The van der Waals surface area contributed by atoms with Crippen LogP contribution in [0.4, 0.5) is 16.6 Å². The van der Waals surface area contributed by atoms with E-state index in [4.69, 9.17) is 11.6 Å². The van der Waals surface area contributed by atoms with Crippen molar-refractivity contribution >= 4 is 45.5 Å². The molecule has 1 aliphatic rings. The number of nitrogens with zero attached hydrogens (tertiary/aromatic N) is 5. The molecule has 9 nitrogen and oxygen atoms in total. The Morgan fingerprint density at radius 3 is 2.82 bits per heavy atom. The minimum absolute atomic E-state index is 0.0201. The summed E-state index contributed by atoms with van der Waals surface area (Å²) in [5.74, 6) is -0.0549. The topological polar surface area (TPSA) is 114 Å². The van der Waals surface area contributed by atoms with Crippen LogP contribution in [0.3, 0.4) is 0 Å². The number of benzene rings is 1. The van der Waals surface area contributed by atoms with Crippen LogP contribution >= 0.6 is 22.9 Å². The maximum absolute atomic E-state index is 12.7. The van der Waals surface area contributed by atoms with Gasteiger partial charge < -0.3 is 10.2 Å². The number of hydrogen-bond donors (Lipinski definition) is 1. The normalized spacial score (nSPS) is 13.1. The molecule has 0 aliphatic carbocycles. The van der Waals surface area contributed by atoms with Crippen LogP contribution in [0.1, 0.15) is 20.9 Å². The molecular weight excluding hydrogens is 404 g/mol. The molecule has 0 fully saturated rings. The second-order valence-electron chi connectivity index (χ2n) is 5.98. The van der Waals surface area contributed by atoms with Gasteiger partial charge in [-0.3, -0.25) is 14.9 Å². The fraction of sp³-hybridized carbons (Fsp3) is 0.176. The number of amides is 1. The van der Waals surface area contributed by atoms with Crippen molar-refractivity contribution in [1.29, 1.82) is 0 Å². The SMILES string of the molecule is O=C(c1ccccc1)N1CCc2nc(Nc3ncnc(Cl)c3[N+](=O)[O-])sc2C1. The first-order valence-corrected chi connectivity index (χ1v) is 9.47. The number of halogens is 1. The van der Waals surface area contributed by atoms with Crippen LogP contribution in [0.25, 0.3) is 0 Å². The number of hydrogen-bond acceptors (Lipinski definition) is 8. The van der Waals surface area contributed by atoms with E-state index in [1.165, 1.54) is 11.3 Å². The zero-order chi connectivity index (χ0) is 19.7. The van der Waals surface area contributed by atoms with E-state index in [2.05, 4.69) is 20.3 Å². The van der Waals surface area contributed by atoms with E-state index in [1.54, 1.807) is 17.0 Å². The van der Waals surface area contributed by atoms with Gasteiger partial charge in [0.25, 0.3) is 5.91 Å². The van der Waals surface area contributed by atoms with E-state index in [-0.39, 0.29) is 16.9 Å². The van der Waals surface area contributed by atoms with Gasteiger partial charge in [0, 0.05) is 23.4 Å². The van der Waals surface area contributed by atoms with E-state index in [1.807, 2.05) is 18.2 Å². The van der Waals surface area contributed by atoms with Crippen LogP contribution in [-0.4, -0.2) is 37.2 Å². The second-order valence-corrected chi connectivity index (χ2v) is 7.42. The van der Waals surface area contributed by atoms with Gasteiger partial charge in [-0.25, -0.2) is 15.0 Å². The van der Waals surface area contributed by atoms with Crippen molar-refractivity contribution < 1.29 is 9.72 Å². The van der Waals surface area contributed by atoms with Crippen molar-refractivity contribution in [1.82, 2.24) is 19.9 Å². The van der Waals surface area contributed by atoms with E-state index in [9.17, 15) is 14.9 Å². The number of anilines is 2. The third kappa shape index (κ3) is 3.51. The maximum atomic E-state index is 12.7. The number of carbonyl (C=O) groups is 1. The zero-order valence-electron chi connectivity index (χ0n) is 14.3. The summed E-state index contributed by atoms with van der Waals surface area (Å²) in [6.45, 7) is 0.998. The molecule has 142 valence electrons. The van der Waals surface area contributed by atoms with Gasteiger partial charge in [-0.1, -0.05) is 41.1 Å². The standard InChI is InChI=1S/C17H13ClN6O3S/c18-14-13(24(26)27)15(20-9-19-14)22-17-21-11-6-7-23(8-12(11)28-17)16(25)10-4-2-1-3-5-10/h1-5,9H,6-8H2,(H,19,20,21,22). The number of nitrogens with one attached hydrogen (secondary N) is 1. The van der Waals surface area contributed by atoms with E-state index in [0.29, 0.717) is 30.2 Å². The first-order valence-electron chi connectivity index (χ1n) is 8.27. The highest BCUT2D eigenvalue weighted by Gasteiger charge is 2.27. The predicted molar refractivity (Wildman–Crippen MR) is 104 cm³/mol. The van der Waals surface area contributed by atoms with E-state index in [0.717, 1.165) is 16.9 Å². The molecule has 0 bridgehead atoms. The third-order valence-corrected chi connectivity index (χ3v) is 5.50. The molecule has 0 spiro atoms. The highest BCUT2D eigenvalue weighted by atomic mass is 35.5. The minimum Gasteiger partial charge on any atom is -0.333 e. The minimum atomic E-state index is -0.640. The lowest BCUT2D eigenvalue weighted by atomic mass is 10.1. The van der Waals surface area contributed by atoms with Crippen molar-refractivity contribution in [2.75, 3.05) is 11.9 Å². The largest absolute Gasteiger partial charge is 0.348 e. The molecule has 0 radical (unpaired) electrons. The summed E-state index contributed by atoms with van der Waals surface area (Å²) >= 11 is 7.14. The van der Waals surface area contributed by atoms with Gasteiger partial charge in [0.2, 0.25) is 11.0 Å². The lowest BCUT2D eigenvalue weighted by Gasteiger charge is -2.26. The van der Waals surface area contributed by atoms with Crippen LogP contribution in [0, 0.1) is 10.1 Å². The molecule has 0 saturated carbocycles. The van der Waals surface area contributed by atoms with Crippen LogP contribution in [-0.2, 0) is 13.0 Å². The molecular formula is C17H13ClN6O3S. The summed E-state index contributed by atoms with van der Waals surface area (Å²) in [6.07, 6.45) is 1.75. The molecule has 28 heavy (non-hydrogen) atoms. The van der Waals surface area contributed by atoms with E-state index < -0.39 is 10.6 Å². The van der Waals surface area contributed by atoms with Crippen molar-refractivity contribution in [3.05, 3.63) is 68.1 Å². The maximum Gasteiger partial charge on any atom is 0.348 e. The first kappa shape index (κ1) is 18.3. The summed E-state index contributed by atoms with van der Waals surface area (Å²) < 4.78 is 0. The Hall–Kier alpha value is -3.11. The van der Waals surface area contributed by atoms with Crippen LogP contribution < -0.4 is 5.32 Å². The summed E-state index contributed by atoms with van der Waals surface area (Å²) in [4.78, 5) is 38.0. The number of nitro groups is 1. The number of rotatable bonds is 4. The highest BCUT2D eigenvalue weighted by Crippen LogP contribution is 2.34. The average Bonchev–Trinajstić information content (AvgIpc) is 3.09. The Kier molecular flexibility index (Phi) is 4.88. The molecule has 1 amide bonds. The fourth-order valence-electron chi connectivity index (χ4n) is 2.90. The van der Waals surface area contributed by atoms with Gasteiger partial charge in [-0.2, -0.15) is 0 Å². The smallest absolute Gasteiger partial charge is 0.333 e. The van der Waals surface area contributed by atoms with Crippen molar-refractivity contribution in [2.45, 2.75) is 13.0 Å². The highest BCUT2D eigenvalue weighted by molar-refractivity contribution is 7.15. The third-order valence-electron chi connectivity index (χ3n) is 4.22. The molecule has 1 aromatic carbocycles. The molecule has 4 rings (SSSR count). The molecule has 0 unspecified atom stereocenters. The van der Waals surface area contributed by atoms with Crippen LogP contribution in [0.15, 0.2) is 36.7 Å². The molecule has 0 saturated heterocycles. The number of thiazole rings is 1. The Bertz CT molecular complexity index is 1060. The number of carbonyl (C=O) groups excluding carboxylic acids is 1. The van der Waals surface area contributed by atoms with Gasteiger partial charge in [0.1, 0.15) is 6.33 Å². The van der Waals surface area contributed by atoms with Crippen molar-refractivity contribution in [3.63, 3.8) is 0 Å². The first-order chi connectivity index (χ1) is 13.5. The predicted octanol–water partition coefficient (Wildman–Crippen LogP) is 3.44. The molecule has 1 N–H and O–H groups in total.